The number of aryl methyl sites for hydroxylation is 1. The van der Waals surface area contributed by atoms with Gasteiger partial charge in [0.25, 0.3) is 0 Å². The lowest BCUT2D eigenvalue weighted by Crippen LogP contribution is -2.41. The monoisotopic (exact) mass is 340 g/mol. The first-order valence-electron chi connectivity index (χ1n) is 8.79. The molecule has 2 saturated heterocycles. The highest BCUT2D eigenvalue weighted by atomic mass is 35.5. The minimum absolute atomic E-state index is 0. The molecule has 2 fully saturated rings. The molecule has 0 saturated carbocycles. The summed E-state index contributed by atoms with van der Waals surface area (Å²) < 4.78 is 0. The number of aromatic nitrogens is 2. The van der Waals surface area contributed by atoms with Gasteiger partial charge in [-0.3, -0.25) is 9.89 Å². The van der Waals surface area contributed by atoms with Crippen molar-refractivity contribution in [3.05, 3.63) is 18.0 Å². The van der Waals surface area contributed by atoms with Crippen LogP contribution >= 0.6 is 12.4 Å². The molecule has 0 radical (unpaired) electrons. The highest BCUT2D eigenvalue weighted by molar-refractivity contribution is 5.85. The van der Waals surface area contributed by atoms with E-state index in [1.54, 1.807) is 0 Å². The number of carbonyl (C=O) groups is 1. The lowest BCUT2D eigenvalue weighted by atomic mass is 9.79. The quantitative estimate of drug-likeness (QED) is 0.865. The van der Waals surface area contributed by atoms with E-state index in [4.69, 9.17) is 0 Å². The van der Waals surface area contributed by atoms with Crippen LogP contribution in [0.1, 0.15) is 44.1 Å². The Balaban J connectivity index is 0.00000192. The van der Waals surface area contributed by atoms with Crippen LogP contribution in [0.25, 0.3) is 0 Å². The minimum Gasteiger partial charge on any atom is -0.343 e. The van der Waals surface area contributed by atoms with Crippen molar-refractivity contribution in [3.8, 4) is 0 Å². The summed E-state index contributed by atoms with van der Waals surface area (Å²) >= 11 is 0. The van der Waals surface area contributed by atoms with Crippen LogP contribution in [0.4, 0.5) is 0 Å². The van der Waals surface area contributed by atoms with Gasteiger partial charge in [-0.1, -0.05) is 0 Å². The molecule has 1 aromatic heterocycles. The Kier molecular flexibility index (Phi) is 7.37. The molecule has 6 heteroatoms. The zero-order chi connectivity index (χ0) is 15.2. The fourth-order valence-corrected chi connectivity index (χ4v) is 3.95. The smallest absolute Gasteiger partial charge is 0.222 e. The molecule has 3 heterocycles. The Hall–Kier alpha value is -1.07. The summed E-state index contributed by atoms with van der Waals surface area (Å²) in [6, 6.07) is 0. The molecular formula is C17H29ClN4O. The van der Waals surface area contributed by atoms with Crippen LogP contribution in [-0.4, -0.2) is 47.2 Å². The van der Waals surface area contributed by atoms with Crippen molar-refractivity contribution in [2.75, 3.05) is 26.2 Å². The van der Waals surface area contributed by atoms with Gasteiger partial charge in [0, 0.05) is 25.7 Å². The maximum atomic E-state index is 12.3. The summed E-state index contributed by atoms with van der Waals surface area (Å²) in [5.41, 5.74) is 1.19. The van der Waals surface area contributed by atoms with Gasteiger partial charge < -0.3 is 10.2 Å². The fourth-order valence-electron chi connectivity index (χ4n) is 3.95. The fraction of sp³-hybridized carbons (Fsp3) is 0.765. The number of nitrogens with one attached hydrogen (secondary N) is 2. The van der Waals surface area contributed by atoms with E-state index in [1.807, 2.05) is 12.4 Å². The van der Waals surface area contributed by atoms with E-state index in [2.05, 4.69) is 20.4 Å². The number of nitrogens with zero attached hydrogens (tertiary/aromatic N) is 2. The molecule has 3 rings (SSSR count). The second-order valence-corrected chi connectivity index (χ2v) is 6.77. The molecule has 2 N–H and O–H groups in total. The van der Waals surface area contributed by atoms with E-state index in [0.717, 1.165) is 37.8 Å². The van der Waals surface area contributed by atoms with Gasteiger partial charge in [-0.25, -0.2) is 0 Å². The van der Waals surface area contributed by atoms with E-state index < -0.39 is 0 Å². The molecule has 1 amide bonds. The maximum Gasteiger partial charge on any atom is 0.222 e. The SMILES string of the molecule is Cl.O=C(CCCc1cn[nH]c1)N1CCC(C2CCNCC2)CC1. The molecule has 2 aliphatic rings. The number of amides is 1. The number of H-pyrrole nitrogens is 1. The van der Waals surface area contributed by atoms with Gasteiger partial charge in [0.2, 0.25) is 5.91 Å². The molecule has 0 spiro atoms. The van der Waals surface area contributed by atoms with Gasteiger partial charge in [-0.2, -0.15) is 5.10 Å². The van der Waals surface area contributed by atoms with E-state index in [-0.39, 0.29) is 12.4 Å². The number of likely N-dealkylation sites (tertiary alicyclic amines) is 1. The Morgan fingerprint density at radius 3 is 2.52 bits per heavy atom. The van der Waals surface area contributed by atoms with E-state index in [9.17, 15) is 4.79 Å². The number of hydrogen-bond acceptors (Lipinski definition) is 3. The molecule has 0 aliphatic carbocycles. The van der Waals surface area contributed by atoms with Crippen LogP contribution in [0.15, 0.2) is 12.4 Å². The predicted molar refractivity (Wildman–Crippen MR) is 93.7 cm³/mol. The van der Waals surface area contributed by atoms with Gasteiger partial charge in [0.05, 0.1) is 6.20 Å². The van der Waals surface area contributed by atoms with Crippen LogP contribution in [0.5, 0.6) is 0 Å². The normalized spacial score (nSPS) is 20.3. The van der Waals surface area contributed by atoms with Crippen molar-refractivity contribution in [1.29, 1.82) is 0 Å². The number of carbonyl (C=O) groups excluding carboxylic acids is 1. The second kappa shape index (κ2) is 9.28. The number of hydrogen-bond donors (Lipinski definition) is 2. The summed E-state index contributed by atoms with van der Waals surface area (Å²) in [5, 5.41) is 10.2. The van der Waals surface area contributed by atoms with Crippen LogP contribution in [0, 0.1) is 11.8 Å². The number of piperidine rings is 2. The molecule has 0 atom stereocenters. The summed E-state index contributed by atoms with van der Waals surface area (Å²) in [5.74, 6) is 2.07. The number of rotatable bonds is 5. The average molecular weight is 341 g/mol. The minimum atomic E-state index is 0. The van der Waals surface area contributed by atoms with Crippen molar-refractivity contribution in [1.82, 2.24) is 20.4 Å². The third-order valence-electron chi connectivity index (χ3n) is 5.35. The summed E-state index contributed by atoms with van der Waals surface area (Å²) in [4.78, 5) is 14.4. The molecule has 0 aromatic carbocycles. The van der Waals surface area contributed by atoms with Crippen molar-refractivity contribution in [3.63, 3.8) is 0 Å². The largest absolute Gasteiger partial charge is 0.343 e. The summed E-state index contributed by atoms with van der Waals surface area (Å²) in [6.07, 6.45) is 11.3. The third-order valence-corrected chi connectivity index (χ3v) is 5.35. The van der Waals surface area contributed by atoms with E-state index >= 15 is 0 Å². The van der Waals surface area contributed by atoms with Crippen LogP contribution in [0.3, 0.4) is 0 Å². The third kappa shape index (κ3) is 5.21. The van der Waals surface area contributed by atoms with Crippen LogP contribution < -0.4 is 5.32 Å². The van der Waals surface area contributed by atoms with Crippen molar-refractivity contribution in [2.45, 2.75) is 44.9 Å². The van der Waals surface area contributed by atoms with Crippen LogP contribution in [-0.2, 0) is 11.2 Å². The highest BCUT2D eigenvalue weighted by Crippen LogP contribution is 2.30. The standard InChI is InChI=1S/C17H28N4O.ClH/c22-17(3-1-2-14-12-19-20-13-14)21-10-6-16(7-11-21)15-4-8-18-9-5-15;/h12-13,15-16,18H,1-11H2,(H,19,20);1H. The topological polar surface area (TPSA) is 61.0 Å². The van der Waals surface area contributed by atoms with Crippen LogP contribution in [0.2, 0.25) is 0 Å². The molecule has 0 bridgehead atoms. The van der Waals surface area contributed by atoms with Crippen molar-refractivity contribution in [2.24, 2.45) is 11.8 Å². The first-order chi connectivity index (χ1) is 10.8. The molecule has 5 nitrogen and oxygen atoms in total. The van der Waals surface area contributed by atoms with Gasteiger partial charge in [0.1, 0.15) is 0 Å². The molecule has 0 unspecified atom stereocenters. The number of halogens is 1. The molecular weight excluding hydrogens is 312 g/mol. The van der Waals surface area contributed by atoms with E-state index in [1.165, 1.54) is 44.3 Å². The Bertz CT molecular complexity index is 451. The predicted octanol–water partition coefficient (Wildman–Crippen LogP) is 2.39. The Labute approximate surface area is 145 Å². The molecule has 130 valence electrons. The van der Waals surface area contributed by atoms with Crippen molar-refractivity contribution < 1.29 is 4.79 Å². The average Bonchev–Trinajstić information content (AvgIpc) is 3.09. The number of aromatic amines is 1. The summed E-state index contributed by atoms with van der Waals surface area (Å²) in [6.45, 7) is 4.30. The van der Waals surface area contributed by atoms with Gasteiger partial charge in [0.15, 0.2) is 0 Å². The lowest BCUT2D eigenvalue weighted by Gasteiger charge is -2.37. The Morgan fingerprint density at radius 2 is 1.87 bits per heavy atom. The van der Waals surface area contributed by atoms with Gasteiger partial charge in [-0.05, 0) is 69.0 Å². The van der Waals surface area contributed by atoms with Gasteiger partial charge >= 0.3 is 0 Å². The summed E-state index contributed by atoms with van der Waals surface area (Å²) in [7, 11) is 0. The molecule has 23 heavy (non-hydrogen) atoms. The molecule has 2 aliphatic heterocycles. The zero-order valence-electron chi connectivity index (χ0n) is 13.8. The van der Waals surface area contributed by atoms with Crippen molar-refractivity contribution >= 4 is 18.3 Å². The lowest BCUT2D eigenvalue weighted by molar-refractivity contribution is -0.133. The molecule has 1 aromatic rings. The maximum absolute atomic E-state index is 12.3. The van der Waals surface area contributed by atoms with E-state index in [0.29, 0.717) is 12.3 Å². The zero-order valence-corrected chi connectivity index (χ0v) is 14.6. The first kappa shape index (κ1) is 18.3. The highest BCUT2D eigenvalue weighted by Gasteiger charge is 2.28. The Morgan fingerprint density at radius 1 is 1.17 bits per heavy atom. The van der Waals surface area contributed by atoms with Gasteiger partial charge in [-0.15, -0.1) is 12.4 Å². The second-order valence-electron chi connectivity index (χ2n) is 6.77. The first-order valence-corrected chi connectivity index (χ1v) is 8.79.